The second kappa shape index (κ2) is 61.3. The van der Waals surface area contributed by atoms with Crippen molar-refractivity contribution in [1.82, 2.24) is 47.8 Å². The van der Waals surface area contributed by atoms with Crippen molar-refractivity contribution in [2.75, 3.05) is 19.9 Å². The molecular formula is C95H133I5N13O28P. The van der Waals surface area contributed by atoms with Crippen molar-refractivity contribution >= 4 is 141 Å². The van der Waals surface area contributed by atoms with E-state index in [-0.39, 0.29) is 135 Å². The van der Waals surface area contributed by atoms with Gasteiger partial charge in [0.25, 0.3) is 27.8 Å². The Morgan fingerprint density at radius 3 is 1.03 bits per heavy atom. The molecule has 7 fully saturated rings. The number of H-pyrrole nitrogens is 5. The van der Waals surface area contributed by atoms with Crippen LogP contribution < -0.4 is 72.2 Å². The van der Waals surface area contributed by atoms with E-state index < -0.39 is 186 Å². The van der Waals surface area contributed by atoms with Crippen molar-refractivity contribution in [2.45, 2.75) is 245 Å². The van der Waals surface area contributed by atoms with Crippen molar-refractivity contribution in [3.05, 3.63) is 351 Å². The summed E-state index contributed by atoms with van der Waals surface area (Å²) in [5.41, 5.74) is 1.81. The maximum atomic E-state index is 13.0. The van der Waals surface area contributed by atoms with Gasteiger partial charge in [0, 0.05) is 117 Å². The first-order chi connectivity index (χ1) is 62.2. The van der Waals surface area contributed by atoms with Crippen LogP contribution in [0.1, 0.15) is 169 Å². The largest absolute Gasteiger partial charge is 0.469 e. The van der Waals surface area contributed by atoms with Gasteiger partial charge in [-0.1, -0.05) is 296 Å². The number of aliphatic hydroxyl groups excluding tert-OH is 5. The highest BCUT2D eigenvalue weighted by Gasteiger charge is 2.61. The number of ether oxygens (including phenoxy) is 11. The Bertz CT molecular complexity index is 6040. The SMILES string of the molecule is C.C.C.C.C.C.C.C.C.C.C.C.C=C1O[C@@H](n2ccc(=O)[nH]c2=O)C(O)[C@@H]1O.CC1(C)OC2[C@H](n3ccc(=O)[nH]c3=O)O[C@H](CI)[C@H]2O1.CC1(C)OC2[C@H](n3ccc(=O)[nH]c3=O)O[C@H](CO)[C@H]2O1.II.O=c1ccn([C@@H]2O[C@H](CI)[C@@H](O)C2O)c(=O)[nH]1.[N-]=[N+]=N[C@]1(CI)O[C@@H](n2ccc(=O)[nH]c2=O)[C@H](OC(=O)c2ccccc2)[C@@H]1OC(=O)c1ccccc1.c1ccc(P(c2ccccc2)c2ccccc2)cc1. The van der Waals surface area contributed by atoms with Crippen LogP contribution in [0.15, 0.2) is 278 Å². The number of halogens is 5. The van der Waals surface area contributed by atoms with Crippen LogP contribution in [0.25, 0.3) is 10.4 Å². The minimum atomic E-state index is -1.85. The fourth-order valence-corrected chi connectivity index (χ4v) is 18.9. The zero-order valence-corrected chi connectivity index (χ0v) is 80.4. The van der Waals surface area contributed by atoms with E-state index in [2.05, 4.69) is 187 Å². The molecule has 7 saturated heterocycles. The fourth-order valence-electron chi connectivity index (χ4n) is 14.4. The number of hydrogen-bond donors (Lipinski definition) is 10. The van der Waals surface area contributed by atoms with E-state index in [0.717, 1.165) is 42.5 Å². The van der Waals surface area contributed by atoms with Gasteiger partial charge in [-0.05, 0) is 81.3 Å². The lowest BCUT2D eigenvalue weighted by molar-refractivity contribution is -0.200. The van der Waals surface area contributed by atoms with Gasteiger partial charge in [-0.3, -0.25) is 71.7 Å². The van der Waals surface area contributed by atoms with Crippen LogP contribution in [0.4, 0.5) is 0 Å². The van der Waals surface area contributed by atoms with E-state index in [1.807, 2.05) is 64.0 Å². The molecule has 7 aliphatic heterocycles. The van der Waals surface area contributed by atoms with Gasteiger partial charge in [-0.2, -0.15) is 0 Å². The molecular weight excluding hydrogens is 2440 g/mol. The molecule has 142 heavy (non-hydrogen) atoms. The summed E-state index contributed by atoms with van der Waals surface area (Å²) in [6, 6.07) is 54.2. The molecule has 5 aromatic carbocycles. The number of nitrogens with zero attached hydrogens (tertiary/aromatic N) is 8. The number of aromatic amines is 5. The number of carbonyl (C=O) groups is 2. The predicted octanol–water partition coefficient (Wildman–Crippen LogP) is 12.0. The minimum absolute atomic E-state index is 0. The summed E-state index contributed by atoms with van der Waals surface area (Å²) in [6.07, 6.45) is -8.97. The number of nitrogens with one attached hydrogen (secondary N) is 5. The average molecular weight is 2570 g/mol. The lowest BCUT2D eigenvalue weighted by atomic mass is 10.1. The standard InChI is InChI=1S/C23H18IN5O7.C18H15P.C12H15IN2O5.C12H16N2O6.C9H11IN2O5.C9H10N2O5.12CH4.I2/c24-13-23(27-28-25)18(35-21(32)15-9-5-2-6-10-15)17(34-20(31)14-7-3-1-4-8-14)19(36-23)29-12-11-16(30)26-22(29)33;1-4-10-16(11-5-1)19(17-12-6-2-7-13-17)18-14-8-3-9-15-18;1-12(2)19-8-6(5-13)18-10(9(8)20-12)15-4-3-7(16)14-11(15)17;1-12(2)19-8-6(5-15)18-10(9(8)20-12)14-4-3-7(16)13-11(14)17;10-3-4-6(14)7(15)8(17-4)12-2-1-5(13)11-9(12)16;1-4-6(13)7(14)8(16-4)11-3-2-5(12)10-9(11)15;;;;;;;;;;;;;1-2/h1-12,17-19H,13H2,(H,26,30,33);1-15H;3-4,6,8-10H,5H2,1-2H3,(H,14,16,17);3-4,6,8-10,15H,5H2,1-2H3,(H,13,16,17);1-2,4,6-8,14-15H,3H2,(H,11,13,16);2-3,6-8,13-14H,1H2,(H,10,12,15);12*1H4;/t17-,18+,19-,23-;;2*6-,8-,9?,10-;4-,6-,7?,8-;6-,7?,8-;;;;;;;;;;;;;/m1.1111............./s1. The second-order valence-corrected chi connectivity index (χ2v) is 34.5. The van der Waals surface area contributed by atoms with Crippen molar-refractivity contribution in [3.8, 4) is 0 Å². The van der Waals surface area contributed by atoms with E-state index in [0.29, 0.717) is 4.43 Å². The van der Waals surface area contributed by atoms with E-state index in [9.17, 15) is 88.6 Å². The topological polar surface area (TPSA) is 560 Å². The normalized spacial score (nSPS) is 24.4. The number of aromatic nitrogens is 10. The molecule has 5 aromatic heterocycles. The van der Waals surface area contributed by atoms with Crippen molar-refractivity contribution in [1.29, 1.82) is 0 Å². The molecule has 0 aliphatic carbocycles. The smallest absolute Gasteiger partial charge is 0.338 e. The number of alkyl halides is 3. The molecule has 0 saturated carbocycles. The molecule has 0 amide bonds. The first kappa shape index (κ1) is 135. The molecule has 786 valence electrons. The molecule has 0 bridgehead atoms. The van der Waals surface area contributed by atoms with Gasteiger partial charge in [0.15, 0.2) is 54.4 Å². The predicted molar refractivity (Wildman–Crippen MR) is 590 cm³/mol. The lowest BCUT2D eigenvalue weighted by Crippen LogP contribution is -2.47. The summed E-state index contributed by atoms with van der Waals surface area (Å²) in [4.78, 5) is 154. The van der Waals surface area contributed by atoms with E-state index in [1.54, 1.807) is 50.2 Å². The highest BCUT2D eigenvalue weighted by molar-refractivity contribution is 15.0. The zero-order chi connectivity index (χ0) is 94.1. The number of azide groups is 1. The van der Waals surface area contributed by atoms with E-state index >= 15 is 0 Å². The monoisotopic (exact) mass is 2570 g/mol. The Morgan fingerprint density at radius 2 is 0.718 bits per heavy atom. The number of aliphatic hydroxyl groups is 5. The van der Waals surface area contributed by atoms with E-state index in [4.69, 9.17) is 52.1 Å². The van der Waals surface area contributed by atoms with Crippen molar-refractivity contribution in [2.24, 2.45) is 5.11 Å². The summed E-state index contributed by atoms with van der Waals surface area (Å²) in [5, 5.41) is 55.7. The van der Waals surface area contributed by atoms with Gasteiger partial charge >= 0.3 is 40.4 Å². The summed E-state index contributed by atoms with van der Waals surface area (Å²) in [7, 11) is -0.446. The van der Waals surface area contributed by atoms with Crippen molar-refractivity contribution in [3.63, 3.8) is 0 Å². The highest BCUT2D eigenvalue weighted by atomic mass is 128. The number of benzene rings is 5. The van der Waals surface area contributed by atoms with Crippen LogP contribution in [0.2, 0.25) is 0 Å². The molecule has 17 rings (SSSR count). The molecule has 41 nitrogen and oxygen atoms in total. The van der Waals surface area contributed by atoms with Crippen LogP contribution in [0.5, 0.6) is 0 Å². The Kier molecular flexibility index (Phi) is 58.3. The minimum Gasteiger partial charge on any atom is -0.469 e. The number of esters is 2. The number of carbonyl (C=O) groups excluding carboxylic acids is 2. The Morgan fingerprint density at radius 1 is 0.415 bits per heavy atom. The molecule has 19 atom stereocenters. The maximum Gasteiger partial charge on any atom is 0.338 e. The molecule has 4 unspecified atom stereocenters. The number of hydrogen-bond acceptors (Lipinski definition) is 29. The molecule has 0 radical (unpaired) electrons. The lowest BCUT2D eigenvalue weighted by Gasteiger charge is -2.28. The van der Waals surface area contributed by atoms with Gasteiger partial charge in [0.2, 0.25) is 6.23 Å². The molecule has 47 heteroatoms. The van der Waals surface area contributed by atoms with Gasteiger partial charge < -0.3 is 77.6 Å². The van der Waals surface area contributed by atoms with Crippen molar-refractivity contribution < 1.29 is 87.2 Å². The van der Waals surface area contributed by atoms with E-state index in [1.165, 1.54) is 86.2 Å². The van der Waals surface area contributed by atoms with Crippen LogP contribution in [0, 0.1) is 0 Å². The molecule has 10 N–H and O–H groups in total. The van der Waals surface area contributed by atoms with Crippen LogP contribution >= 0.6 is 113 Å². The number of rotatable bonds is 17. The van der Waals surface area contributed by atoms with Crippen LogP contribution in [-0.2, 0) is 52.1 Å². The first-order valence-corrected chi connectivity index (χ1v) is 51.4. The molecule has 0 spiro atoms. The maximum absolute atomic E-state index is 13.0. The first-order valence-electron chi connectivity index (χ1n) is 39.2. The van der Waals surface area contributed by atoms with Gasteiger partial charge in [-0.25, -0.2) is 33.6 Å². The zero-order valence-electron chi connectivity index (χ0n) is 68.7. The molecule has 12 heterocycles. The summed E-state index contributed by atoms with van der Waals surface area (Å²) >= 11 is 10.3. The molecule has 10 aromatic rings. The third-order valence-corrected chi connectivity index (χ3v) is 25.5. The quantitative estimate of drug-likeness (QED) is 0.00770. The van der Waals surface area contributed by atoms with Gasteiger partial charge in [0.05, 0.1) is 29.9 Å². The fraction of sp³-hybridized carbons (Fsp3) is 0.432. The Labute approximate surface area is 888 Å². The Hall–Kier alpha value is -9.15. The summed E-state index contributed by atoms with van der Waals surface area (Å²) < 4.78 is 69.3. The summed E-state index contributed by atoms with van der Waals surface area (Å²) in [6.45, 7) is 10.3. The Balaban J connectivity index is 0. The second-order valence-electron chi connectivity index (χ2n) is 29.7. The average Bonchev–Trinajstić information content (AvgIpc) is 1.60. The highest BCUT2D eigenvalue weighted by Crippen LogP contribution is 2.46. The summed E-state index contributed by atoms with van der Waals surface area (Å²) in [5.74, 6) is -3.11. The van der Waals surface area contributed by atoms with Crippen LogP contribution in [-0.4, -0.2) is 202 Å². The third kappa shape index (κ3) is 32.7. The number of fused-ring (bicyclic) bond motifs is 2. The van der Waals surface area contributed by atoms with Gasteiger partial charge in [-0.15, -0.1) is 0 Å². The van der Waals surface area contributed by atoms with Gasteiger partial charge in [0.1, 0.15) is 60.7 Å². The molecule has 7 aliphatic rings. The third-order valence-electron chi connectivity index (χ3n) is 20.2. The van der Waals surface area contributed by atoms with Crippen LogP contribution in [0.3, 0.4) is 0 Å².